The number of nitrogens with zero attached hydrogens (tertiary/aromatic N) is 2. The monoisotopic (exact) mass is 304 g/mol. The van der Waals surface area contributed by atoms with Crippen molar-refractivity contribution in [2.24, 2.45) is 0 Å². The lowest BCUT2D eigenvalue weighted by molar-refractivity contribution is 0.602. The summed E-state index contributed by atoms with van der Waals surface area (Å²) in [7, 11) is -3.19. The van der Waals surface area contributed by atoms with E-state index in [9.17, 15) is 8.42 Å². The van der Waals surface area contributed by atoms with Crippen molar-refractivity contribution < 1.29 is 8.42 Å². The molecule has 4 nitrogen and oxygen atoms in total. The first kappa shape index (κ1) is 14.6. The van der Waals surface area contributed by atoms with Gasteiger partial charge in [-0.3, -0.25) is 0 Å². The predicted octanol–water partition coefficient (Wildman–Crippen LogP) is 2.82. The van der Waals surface area contributed by atoms with E-state index >= 15 is 0 Å². The summed E-state index contributed by atoms with van der Waals surface area (Å²) >= 11 is 1.34. The number of hydrogen-bond acceptors (Lipinski definition) is 5. The number of hydrogen-bond donors (Lipinski definition) is 0. The topological polar surface area (TPSA) is 70.8 Å². The van der Waals surface area contributed by atoms with Gasteiger partial charge >= 0.3 is 0 Å². The van der Waals surface area contributed by atoms with Gasteiger partial charge in [0.25, 0.3) is 0 Å². The fourth-order valence-electron chi connectivity index (χ4n) is 1.61. The van der Waals surface area contributed by atoms with E-state index in [0.29, 0.717) is 10.6 Å². The first-order valence-corrected chi connectivity index (χ1v) is 8.46. The Labute approximate surface area is 122 Å². The Hall–Kier alpha value is -1.84. The lowest BCUT2D eigenvalue weighted by Crippen LogP contribution is -1.96. The molecule has 0 aliphatic rings. The standard InChI is InChI=1S/C14H12N2O2S2/c1-10-7-8-16-14(13(10)9-15)19-11-3-5-12(6-4-11)20(2,17)18/h3-8H,1-2H3. The van der Waals surface area contributed by atoms with Crippen LogP contribution in [0.1, 0.15) is 11.1 Å². The summed E-state index contributed by atoms with van der Waals surface area (Å²) in [6, 6.07) is 10.5. The number of nitriles is 1. The molecule has 0 amide bonds. The van der Waals surface area contributed by atoms with Crippen LogP contribution >= 0.6 is 11.8 Å². The van der Waals surface area contributed by atoms with Crippen molar-refractivity contribution in [1.29, 1.82) is 5.26 Å². The molecule has 0 aliphatic heterocycles. The first-order valence-electron chi connectivity index (χ1n) is 5.75. The molecule has 0 unspecified atom stereocenters. The lowest BCUT2D eigenvalue weighted by Gasteiger charge is -2.05. The summed E-state index contributed by atoms with van der Waals surface area (Å²) < 4.78 is 22.8. The molecule has 20 heavy (non-hydrogen) atoms. The number of aryl methyl sites for hydroxylation is 1. The summed E-state index contributed by atoms with van der Waals surface area (Å²) in [6.45, 7) is 1.86. The van der Waals surface area contributed by atoms with E-state index in [1.54, 1.807) is 36.5 Å². The van der Waals surface area contributed by atoms with Gasteiger partial charge in [-0.15, -0.1) is 0 Å². The number of sulfone groups is 1. The summed E-state index contributed by atoms with van der Waals surface area (Å²) in [4.78, 5) is 5.32. The third kappa shape index (κ3) is 3.18. The number of pyridine rings is 1. The normalized spacial score (nSPS) is 11.1. The first-order chi connectivity index (χ1) is 9.41. The minimum absolute atomic E-state index is 0.277. The van der Waals surface area contributed by atoms with E-state index in [1.807, 2.05) is 6.92 Å². The maximum Gasteiger partial charge on any atom is 0.175 e. The van der Waals surface area contributed by atoms with Crippen LogP contribution in [0.5, 0.6) is 0 Å². The molecule has 0 saturated heterocycles. The maximum absolute atomic E-state index is 11.4. The molecule has 2 aromatic rings. The van der Waals surface area contributed by atoms with Crippen LogP contribution in [-0.2, 0) is 9.84 Å². The molecular formula is C14H12N2O2S2. The molecule has 0 aliphatic carbocycles. The van der Waals surface area contributed by atoms with E-state index in [2.05, 4.69) is 11.1 Å². The highest BCUT2D eigenvalue weighted by Gasteiger charge is 2.10. The third-order valence-corrected chi connectivity index (χ3v) is 4.84. The lowest BCUT2D eigenvalue weighted by atomic mass is 10.2. The molecule has 1 aromatic carbocycles. The van der Waals surface area contributed by atoms with Gasteiger partial charge < -0.3 is 0 Å². The van der Waals surface area contributed by atoms with Gasteiger partial charge in [0, 0.05) is 17.3 Å². The van der Waals surface area contributed by atoms with Gasteiger partial charge in [-0.1, -0.05) is 11.8 Å². The van der Waals surface area contributed by atoms with Gasteiger partial charge in [-0.25, -0.2) is 13.4 Å². The number of rotatable bonds is 3. The van der Waals surface area contributed by atoms with E-state index in [1.165, 1.54) is 18.0 Å². The fourth-order valence-corrected chi connectivity index (χ4v) is 3.16. The largest absolute Gasteiger partial charge is 0.248 e. The van der Waals surface area contributed by atoms with Crippen LogP contribution in [0.2, 0.25) is 0 Å². The summed E-state index contributed by atoms with van der Waals surface area (Å²) in [5.74, 6) is 0. The minimum Gasteiger partial charge on any atom is -0.248 e. The second-order valence-electron chi connectivity index (χ2n) is 4.27. The second kappa shape index (κ2) is 5.65. The molecule has 0 fully saturated rings. The highest BCUT2D eigenvalue weighted by atomic mass is 32.2. The van der Waals surface area contributed by atoms with Crippen molar-refractivity contribution in [3.63, 3.8) is 0 Å². The molecule has 0 N–H and O–H groups in total. The Kier molecular flexibility index (Phi) is 4.12. The van der Waals surface area contributed by atoms with E-state index in [-0.39, 0.29) is 4.90 Å². The Bertz CT molecular complexity index is 776. The van der Waals surface area contributed by atoms with Crippen LogP contribution < -0.4 is 0 Å². The maximum atomic E-state index is 11.4. The van der Waals surface area contributed by atoms with Crippen molar-refractivity contribution in [2.45, 2.75) is 21.7 Å². The van der Waals surface area contributed by atoms with Gasteiger partial charge in [0.1, 0.15) is 11.1 Å². The Morgan fingerprint density at radius 3 is 2.40 bits per heavy atom. The zero-order chi connectivity index (χ0) is 14.8. The summed E-state index contributed by atoms with van der Waals surface area (Å²) in [5.41, 5.74) is 1.42. The average Bonchev–Trinajstić information content (AvgIpc) is 2.38. The van der Waals surface area contributed by atoms with Crippen molar-refractivity contribution in [1.82, 2.24) is 4.98 Å². The van der Waals surface area contributed by atoms with E-state index in [0.717, 1.165) is 10.5 Å². The molecule has 0 bridgehead atoms. The van der Waals surface area contributed by atoms with E-state index < -0.39 is 9.84 Å². The van der Waals surface area contributed by atoms with Crippen LogP contribution in [0.15, 0.2) is 51.3 Å². The number of benzene rings is 1. The van der Waals surface area contributed by atoms with E-state index in [4.69, 9.17) is 5.26 Å². The quantitative estimate of drug-likeness (QED) is 0.872. The Balaban J connectivity index is 2.32. The molecule has 1 heterocycles. The molecule has 0 radical (unpaired) electrons. The van der Waals surface area contributed by atoms with Gasteiger partial charge in [-0.05, 0) is 42.8 Å². The second-order valence-corrected chi connectivity index (χ2v) is 7.34. The van der Waals surface area contributed by atoms with Crippen LogP contribution in [-0.4, -0.2) is 19.7 Å². The smallest absolute Gasteiger partial charge is 0.175 e. The third-order valence-electron chi connectivity index (χ3n) is 2.70. The zero-order valence-corrected chi connectivity index (χ0v) is 12.6. The Morgan fingerprint density at radius 2 is 1.85 bits per heavy atom. The van der Waals surface area contributed by atoms with Crippen LogP contribution in [0.4, 0.5) is 0 Å². The summed E-state index contributed by atoms with van der Waals surface area (Å²) in [5, 5.41) is 9.77. The predicted molar refractivity (Wildman–Crippen MR) is 77.4 cm³/mol. The van der Waals surface area contributed by atoms with Crippen LogP contribution in [0, 0.1) is 18.3 Å². The van der Waals surface area contributed by atoms with Crippen LogP contribution in [0.3, 0.4) is 0 Å². The zero-order valence-electron chi connectivity index (χ0n) is 11.0. The molecule has 2 rings (SSSR count). The molecule has 102 valence electrons. The average molecular weight is 304 g/mol. The fraction of sp³-hybridized carbons (Fsp3) is 0.143. The summed E-state index contributed by atoms with van der Waals surface area (Å²) in [6.07, 6.45) is 2.83. The van der Waals surface area contributed by atoms with Gasteiger partial charge in [0.05, 0.1) is 10.5 Å². The molecule has 1 aromatic heterocycles. The van der Waals surface area contributed by atoms with Crippen molar-refractivity contribution in [3.05, 3.63) is 47.7 Å². The SMILES string of the molecule is Cc1ccnc(Sc2ccc(S(C)(=O)=O)cc2)c1C#N. The highest BCUT2D eigenvalue weighted by molar-refractivity contribution is 7.99. The van der Waals surface area contributed by atoms with Gasteiger partial charge in [0.2, 0.25) is 0 Å². The molecular weight excluding hydrogens is 292 g/mol. The highest BCUT2D eigenvalue weighted by Crippen LogP contribution is 2.30. The van der Waals surface area contributed by atoms with Gasteiger partial charge in [-0.2, -0.15) is 5.26 Å². The minimum atomic E-state index is -3.19. The molecule has 0 saturated carbocycles. The van der Waals surface area contributed by atoms with Crippen molar-refractivity contribution in [3.8, 4) is 6.07 Å². The number of aromatic nitrogens is 1. The van der Waals surface area contributed by atoms with Crippen molar-refractivity contribution >= 4 is 21.6 Å². The van der Waals surface area contributed by atoms with Gasteiger partial charge in [0.15, 0.2) is 9.84 Å². The Morgan fingerprint density at radius 1 is 1.20 bits per heavy atom. The van der Waals surface area contributed by atoms with Crippen molar-refractivity contribution in [2.75, 3.05) is 6.26 Å². The molecule has 6 heteroatoms. The van der Waals surface area contributed by atoms with Crippen LogP contribution in [0.25, 0.3) is 0 Å². The molecule has 0 atom stereocenters. The molecule has 0 spiro atoms.